The van der Waals surface area contributed by atoms with E-state index >= 15 is 0 Å². The molecule has 32 heavy (non-hydrogen) atoms. The maximum atomic E-state index is 13.2. The number of halogens is 1. The molecule has 0 fully saturated rings. The predicted molar refractivity (Wildman–Crippen MR) is 120 cm³/mol. The minimum atomic E-state index is -0.791. The van der Waals surface area contributed by atoms with E-state index in [-0.39, 0.29) is 6.54 Å². The van der Waals surface area contributed by atoms with E-state index in [2.05, 4.69) is 10.4 Å². The molecule has 0 saturated carbocycles. The van der Waals surface area contributed by atoms with Crippen LogP contribution >= 0.6 is 11.6 Å². The molecule has 0 aliphatic heterocycles. The molecule has 168 valence electrons. The van der Waals surface area contributed by atoms with Crippen LogP contribution in [0.15, 0.2) is 52.1 Å². The van der Waals surface area contributed by atoms with Crippen LogP contribution in [0.4, 0.5) is 0 Å². The summed E-state index contributed by atoms with van der Waals surface area (Å²) in [5.41, 5.74) is -0.969. The number of carbonyl (C=O) groups excluding carboxylic acids is 1. The molecule has 0 aliphatic carbocycles. The Balaban J connectivity index is 2.21. The van der Waals surface area contributed by atoms with Crippen molar-refractivity contribution in [3.8, 4) is 17.2 Å². The Morgan fingerprint density at radius 1 is 1.09 bits per heavy atom. The van der Waals surface area contributed by atoms with Gasteiger partial charge >= 0.3 is 5.69 Å². The topological polar surface area (TPSA) is 104 Å². The zero-order valence-electron chi connectivity index (χ0n) is 17.9. The first kappa shape index (κ1) is 23.1. The third-order valence-corrected chi connectivity index (χ3v) is 4.89. The molecule has 1 aromatic heterocycles. The maximum Gasteiger partial charge on any atom is 0.352 e. The summed E-state index contributed by atoms with van der Waals surface area (Å²) in [6, 6.07) is 11.5. The van der Waals surface area contributed by atoms with Gasteiger partial charge in [-0.1, -0.05) is 30.7 Å². The van der Waals surface area contributed by atoms with Crippen molar-refractivity contribution >= 4 is 17.5 Å². The highest BCUT2D eigenvalue weighted by atomic mass is 35.5. The number of methoxy groups -OCH3 is 2. The Morgan fingerprint density at radius 2 is 1.84 bits per heavy atom. The summed E-state index contributed by atoms with van der Waals surface area (Å²) in [6.07, 6.45) is 0.678. The van der Waals surface area contributed by atoms with E-state index in [0.29, 0.717) is 40.7 Å². The van der Waals surface area contributed by atoms with Crippen LogP contribution in [0.25, 0.3) is 5.69 Å². The Bertz CT molecular complexity index is 1250. The summed E-state index contributed by atoms with van der Waals surface area (Å²) >= 11 is 6.05. The van der Waals surface area contributed by atoms with E-state index in [1.807, 2.05) is 6.92 Å². The molecule has 1 N–H and O–H groups in total. The first-order valence-electron chi connectivity index (χ1n) is 9.88. The minimum absolute atomic E-state index is 0.0813. The summed E-state index contributed by atoms with van der Waals surface area (Å²) in [4.78, 5) is 38.9. The number of benzene rings is 2. The molecular weight excluding hydrogens is 436 g/mol. The molecule has 1 heterocycles. The number of aromatic nitrogens is 3. The molecule has 0 unspecified atom stereocenters. The summed E-state index contributed by atoms with van der Waals surface area (Å²) < 4.78 is 12.5. The van der Waals surface area contributed by atoms with E-state index < -0.39 is 22.9 Å². The van der Waals surface area contributed by atoms with Gasteiger partial charge in [0, 0.05) is 17.6 Å². The fraction of sp³-hybridized carbons (Fsp3) is 0.273. The predicted octanol–water partition coefficient (Wildman–Crippen LogP) is 2.25. The highest BCUT2D eigenvalue weighted by Crippen LogP contribution is 2.28. The molecule has 0 spiro atoms. The molecule has 10 heteroatoms. The standard InChI is InChI=1S/C22H23ClN4O5/c1-4-10-24-20(28)19-21(29)26(13-14-6-5-7-15(23)11-14)22(30)27(25-19)16-8-9-17(31-2)18(12-16)32-3/h5-9,11-12H,4,10,13H2,1-3H3,(H,24,28). The third kappa shape index (κ3) is 4.83. The number of rotatable bonds is 8. The molecule has 9 nitrogen and oxygen atoms in total. The van der Waals surface area contributed by atoms with Crippen LogP contribution in [0, 0.1) is 0 Å². The van der Waals surface area contributed by atoms with Gasteiger partial charge in [0.05, 0.1) is 26.5 Å². The quantitative estimate of drug-likeness (QED) is 0.555. The lowest BCUT2D eigenvalue weighted by Crippen LogP contribution is -2.46. The van der Waals surface area contributed by atoms with Gasteiger partial charge in [0.1, 0.15) is 0 Å². The number of amides is 1. The largest absolute Gasteiger partial charge is 0.493 e. The molecule has 0 aliphatic rings. The van der Waals surface area contributed by atoms with Crippen LogP contribution in [0.5, 0.6) is 11.5 Å². The lowest BCUT2D eigenvalue weighted by molar-refractivity contribution is 0.0944. The Labute approximate surface area is 189 Å². The zero-order valence-corrected chi connectivity index (χ0v) is 18.7. The molecular formula is C22H23ClN4O5. The molecule has 0 bridgehead atoms. The molecule has 1 amide bonds. The van der Waals surface area contributed by atoms with Gasteiger partial charge in [-0.15, -0.1) is 0 Å². The van der Waals surface area contributed by atoms with Gasteiger partial charge in [-0.2, -0.15) is 9.78 Å². The van der Waals surface area contributed by atoms with Crippen LogP contribution in [-0.4, -0.2) is 41.0 Å². The van der Waals surface area contributed by atoms with Gasteiger partial charge in [-0.25, -0.2) is 4.79 Å². The van der Waals surface area contributed by atoms with Crippen molar-refractivity contribution in [1.82, 2.24) is 19.7 Å². The van der Waals surface area contributed by atoms with Crippen LogP contribution in [0.2, 0.25) is 5.02 Å². The highest BCUT2D eigenvalue weighted by Gasteiger charge is 2.21. The SMILES string of the molecule is CCCNC(=O)c1nn(-c2ccc(OC)c(OC)c2)c(=O)n(Cc2cccc(Cl)c2)c1=O. The third-order valence-electron chi connectivity index (χ3n) is 4.65. The molecule has 0 saturated heterocycles. The Kier molecular flexibility index (Phi) is 7.32. The Morgan fingerprint density at radius 3 is 2.50 bits per heavy atom. The Hall–Kier alpha value is -3.59. The van der Waals surface area contributed by atoms with Crippen LogP contribution < -0.4 is 26.0 Å². The van der Waals surface area contributed by atoms with Gasteiger partial charge in [-0.3, -0.25) is 14.2 Å². The van der Waals surface area contributed by atoms with E-state index in [0.717, 1.165) is 9.25 Å². The van der Waals surface area contributed by atoms with Crippen molar-refractivity contribution in [3.63, 3.8) is 0 Å². The highest BCUT2D eigenvalue weighted by molar-refractivity contribution is 6.30. The average molecular weight is 459 g/mol. The first-order chi connectivity index (χ1) is 15.4. The molecule has 0 radical (unpaired) electrons. The number of nitrogens with zero attached hydrogens (tertiary/aromatic N) is 3. The fourth-order valence-electron chi connectivity index (χ4n) is 3.06. The van der Waals surface area contributed by atoms with Crippen LogP contribution in [0.3, 0.4) is 0 Å². The van der Waals surface area contributed by atoms with E-state index in [1.54, 1.807) is 36.4 Å². The van der Waals surface area contributed by atoms with Gasteiger partial charge in [0.25, 0.3) is 11.5 Å². The molecule has 3 rings (SSSR count). The summed E-state index contributed by atoms with van der Waals surface area (Å²) in [6.45, 7) is 2.17. The van der Waals surface area contributed by atoms with Crippen molar-refractivity contribution in [2.75, 3.05) is 20.8 Å². The van der Waals surface area contributed by atoms with Crippen molar-refractivity contribution in [1.29, 1.82) is 0 Å². The van der Waals surface area contributed by atoms with Crippen molar-refractivity contribution < 1.29 is 14.3 Å². The lowest BCUT2D eigenvalue weighted by Gasteiger charge is -2.14. The maximum absolute atomic E-state index is 13.2. The second kappa shape index (κ2) is 10.1. The second-order valence-corrected chi connectivity index (χ2v) is 7.30. The molecule has 3 aromatic rings. The molecule has 0 atom stereocenters. The average Bonchev–Trinajstić information content (AvgIpc) is 2.80. The monoisotopic (exact) mass is 458 g/mol. The minimum Gasteiger partial charge on any atom is -0.493 e. The summed E-state index contributed by atoms with van der Waals surface area (Å²) in [7, 11) is 2.95. The smallest absolute Gasteiger partial charge is 0.352 e. The van der Waals surface area contributed by atoms with Gasteiger partial charge in [0.15, 0.2) is 11.5 Å². The summed E-state index contributed by atoms with van der Waals surface area (Å²) in [5.74, 6) is 0.159. The number of hydrogen-bond acceptors (Lipinski definition) is 6. The first-order valence-corrected chi connectivity index (χ1v) is 10.3. The second-order valence-electron chi connectivity index (χ2n) is 6.86. The lowest BCUT2D eigenvalue weighted by atomic mass is 10.2. The normalized spacial score (nSPS) is 10.6. The van der Waals surface area contributed by atoms with Crippen molar-refractivity contribution in [2.45, 2.75) is 19.9 Å². The van der Waals surface area contributed by atoms with Gasteiger partial charge < -0.3 is 14.8 Å². The zero-order chi connectivity index (χ0) is 23.3. The molecule has 2 aromatic carbocycles. The number of hydrogen-bond donors (Lipinski definition) is 1. The number of nitrogens with one attached hydrogen (secondary N) is 1. The van der Waals surface area contributed by atoms with E-state index in [9.17, 15) is 14.4 Å². The van der Waals surface area contributed by atoms with Gasteiger partial charge in [0.2, 0.25) is 5.69 Å². The fourth-order valence-corrected chi connectivity index (χ4v) is 3.27. The van der Waals surface area contributed by atoms with Crippen molar-refractivity contribution in [3.05, 3.63) is 79.6 Å². The van der Waals surface area contributed by atoms with Crippen LogP contribution in [0.1, 0.15) is 29.4 Å². The van der Waals surface area contributed by atoms with Crippen molar-refractivity contribution in [2.24, 2.45) is 0 Å². The van der Waals surface area contributed by atoms with Gasteiger partial charge in [-0.05, 0) is 36.2 Å². The number of ether oxygens (including phenoxy) is 2. The summed E-state index contributed by atoms with van der Waals surface area (Å²) in [5, 5.41) is 7.18. The van der Waals surface area contributed by atoms with Crippen LogP contribution in [-0.2, 0) is 6.54 Å². The van der Waals surface area contributed by atoms with E-state index in [1.165, 1.54) is 20.3 Å². The van der Waals surface area contributed by atoms with E-state index in [4.69, 9.17) is 21.1 Å². The number of carbonyl (C=O) groups is 1.